The van der Waals surface area contributed by atoms with Gasteiger partial charge in [0, 0.05) is 62.1 Å². The summed E-state index contributed by atoms with van der Waals surface area (Å²) in [5.41, 5.74) is 4.94. The maximum Gasteiger partial charge on any atom is 0.308 e. The number of rotatable bonds is 16. The van der Waals surface area contributed by atoms with Crippen LogP contribution < -0.4 is 18.9 Å². The average molecular weight is 832 g/mol. The number of carbonyl (C=O) groups is 1. The Labute approximate surface area is 349 Å². The highest BCUT2D eigenvalue weighted by molar-refractivity contribution is 7.90. The Morgan fingerprint density at radius 3 is 2.64 bits per heavy atom. The van der Waals surface area contributed by atoms with Crippen LogP contribution in [-0.2, 0) is 40.5 Å². The van der Waals surface area contributed by atoms with E-state index in [9.17, 15) is 14.5 Å². The third-order valence-corrected chi connectivity index (χ3v) is 12.4. The molecule has 2 saturated heterocycles. The van der Waals surface area contributed by atoms with Gasteiger partial charge in [0.15, 0.2) is 16.4 Å². The van der Waals surface area contributed by atoms with Gasteiger partial charge in [-0.1, -0.05) is 42.3 Å². The molecule has 3 aliphatic rings. The van der Waals surface area contributed by atoms with Crippen LogP contribution in [0.5, 0.6) is 23.0 Å². The van der Waals surface area contributed by atoms with Crippen molar-refractivity contribution in [1.29, 1.82) is 0 Å². The van der Waals surface area contributed by atoms with Crippen molar-refractivity contribution < 1.29 is 38.1 Å². The van der Waals surface area contributed by atoms with E-state index >= 15 is 0 Å². The van der Waals surface area contributed by atoms with Crippen molar-refractivity contribution in [3.8, 4) is 34.1 Å². The summed E-state index contributed by atoms with van der Waals surface area (Å²) in [6, 6.07) is 17.9. The topological polar surface area (TPSA) is 126 Å². The van der Waals surface area contributed by atoms with Gasteiger partial charge in [-0.2, -0.15) is 0 Å². The molecule has 3 aromatic carbocycles. The molecule has 0 spiro atoms. The quantitative estimate of drug-likeness (QED) is 0.0891. The molecule has 1 N–H and O–H groups in total. The van der Waals surface area contributed by atoms with Gasteiger partial charge < -0.3 is 38.2 Å². The Balaban J connectivity index is 1.01. The molecule has 58 heavy (non-hydrogen) atoms. The summed E-state index contributed by atoms with van der Waals surface area (Å²) in [4.78, 5) is 21.5. The number of aliphatic hydroxyl groups is 1. The maximum absolute atomic E-state index is 12.1. The number of hydrogen-bond acceptors (Lipinski definition) is 11. The van der Waals surface area contributed by atoms with E-state index < -0.39 is 16.8 Å². The molecule has 4 heterocycles. The molecule has 13 heteroatoms. The Kier molecular flexibility index (Phi) is 14.0. The zero-order valence-corrected chi connectivity index (χ0v) is 35.2. The van der Waals surface area contributed by atoms with Crippen molar-refractivity contribution in [2.75, 3.05) is 52.2 Å². The van der Waals surface area contributed by atoms with Gasteiger partial charge in [0.1, 0.15) is 43.7 Å². The molecule has 3 aliphatic heterocycles. The highest BCUT2D eigenvalue weighted by Gasteiger charge is 2.38. The number of aromatic nitrogens is 1. The van der Waals surface area contributed by atoms with Gasteiger partial charge in [-0.05, 0) is 97.8 Å². The van der Waals surface area contributed by atoms with E-state index in [4.69, 9.17) is 35.3 Å². The van der Waals surface area contributed by atoms with Crippen LogP contribution in [0.4, 0.5) is 0 Å². The van der Waals surface area contributed by atoms with Crippen LogP contribution in [0.2, 0.25) is 5.02 Å². The Morgan fingerprint density at radius 1 is 1.00 bits per heavy atom. The lowest BCUT2D eigenvalue weighted by molar-refractivity contribution is -0.148. The molecule has 0 amide bonds. The minimum Gasteiger partial charge on any atom is -0.612 e. The molecule has 0 saturated carbocycles. The monoisotopic (exact) mass is 831 g/mol. The molecule has 4 aromatic rings. The normalized spacial score (nSPS) is 20.1. The molecule has 3 atom stereocenters. The molecule has 3 unspecified atom stereocenters. The number of halogens is 1. The van der Waals surface area contributed by atoms with Crippen molar-refractivity contribution in [3.63, 3.8) is 0 Å². The number of fused-ring (bicyclic) bond motifs is 1. The molecule has 0 bridgehead atoms. The Bertz CT molecular complexity index is 2050. The van der Waals surface area contributed by atoms with Gasteiger partial charge in [-0.3, -0.25) is 14.7 Å². The first kappa shape index (κ1) is 42.1. The number of benzene rings is 3. The fourth-order valence-corrected chi connectivity index (χ4v) is 8.75. The lowest BCUT2D eigenvalue weighted by Gasteiger charge is -2.29. The predicted molar refractivity (Wildman–Crippen MR) is 224 cm³/mol. The first-order valence-electron chi connectivity index (χ1n) is 20.3. The van der Waals surface area contributed by atoms with E-state index in [1.54, 1.807) is 25.6 Å². The highest BCUT2D eigenvalue weighted by atomic mass is 35.5. The maximum atomic E-state index is 12.1. The minimum absolute atomic E-state index is 0.0124. The molecule has 1 aromatic heterocycles. The van der Waals surface area contributed by atoms with Crippen LogP contribution in [-0.4, -0.2) is 94.3 Å². The van der Waals surface area contributed by atoms with Gasteiger partial charge in [0.05, 0.1) is 29.8 Å². The number of esters is 1. The molecular weight excluding hydrogens is 778 g/mol. The predicted octanol–water partition coefficient (Wildman–Crippen LogP) is 7.51. The number of nitrogens with zero attached hydrogens (tertiary/aromatic N) is 3. The third kappa shape index (κ3) is 10.8. The highest BCUT2D eigenvalue weighted by Crippen LogP contribution is 2.39. The summed E-state index contributed by atoms with van der Waals surface area (Å²) >= 11 is 5.76. The average Bonchev–Trinajstić information content (AvgIpc) is 3.59. The van der Waals surface area contributed by atoms with E-state index in [2.05, 4.69) is 39.9 Å². The van der Waals surface area contributed by atoms with Gasteiger partial charge in [0.2, 0.25) is 0 Å². The molecular formula is C45H54ClN3O8S. The number of likely N-dealkylation sites (tertiary alicyclic amines) is 2. The summed E-state index contributed by atoms with van der Waals surface area (Å²) in [5, 5.41) is 11.5. The molecule has 0 radical (unpaired) electrons. The minimum atomic E-state index is -1.14. The first-order valence-corrected chi connectivity index (χ1v) is 22.2. The number of piperidine rings is 1. The summed E-state index contributed by atoms with van der Waals surface area (Å²) in [6.07, 6.45) is 9.73. The molecule has 7 rings (SSSR count). The fraction of sp³-hybridized carbons (Fsp3) is 0.467. The van der Waals surface area contributed by atoms with Crippen molar-refractivity contribution in [1.82, 2.24) is 14.8 Å². The summed E-state index contributed by atoms with van der Waals surface area (Å²) in [6.45, 7) is 9.86. The number of hydrogen-bond donors (Lipinski definition) is 1. The second kappa shape index (κ2) is 19.4. The van der Waals surface area contributed by atoms with E-state index in [0.717, 1.165) is 66.0 Å². The van der Waals surface area contributed by atoms with Crippen LogP contribution in [0.1, 0.15) is 67.7 Å². The van der Waals surface area contributed by atoms with Crippen molar-refractivity contribution in [2.45, 2.75) is 88.7 Å². The second-order valence-corrected chi connectivity index (χ2v) is 17.4. The van der Waals surface area contributed by atoms with Crippen molar-refractivity contribution in [2.24, 2.45) is 0 Å². The summed E-state index contributed by atoms with van der Waals surface area (Å²) in [5.74, 6) is 2.28. The van der Waals surface area contributed by atoms with Gasteiger partial charge in [-0.15, -0.1) is 0 Å². The van der Waals surface area contributed by atoms with Crippen LogP contribution in [0.25, 0.3) is 11.1 Å². The number of carbonyl (C=O) groups excluding carboxylic acids is 1. The second-order valence-electron chi connectivity index (χ2n) is 15.6. The van der Waals surface area contributed by atoms with Gasteiger partial charge in [-0.25, -0.2) is 0 Å². The Morgan fingerprint density at radius 2 is 1.83 bits per heavy atom. The molecule has 310 valence electrons. The van der Waals surface area contributed by atoms with Crippen molar-refractivity contribution in [3.05, 3.63) is 94.3 Å². The van der Waals surface area contributed by atoms with Gasteiger partial charge in [0.25, 0.3) is 0 Å². The largest absolute Gasteiger partial charge is 0.612 e. The SMILES string of the molecule is CCOC(=O)CC1(O)CCN(CCC2COc3ccc(-c4cccc(COc5cc(OCc6cncc([S+](C)[O-])c6)c(CN6CCCCC6)cc5Cl)c4C)cc3O2)C1. The smallest absolute Gasteiger partial charge is 0.308 e. The summed E-state index contributed by atoms with van der Waals surface area (Å²) in [7, 11) is 0. The molecule has 0 aliphatic carbocycles. The van der Waals surface area contributed by atoms with Crippen LogP contribution >= 0.6 is 11.6 Å². The number of β-amino-alcohol motifs (C(OH)–C–C–N with tert-alkyl or cyclic N) is 1. The van der Waals surface area contributed by atoms with Crippen LogP contribution in [0, 0.1) is 6.92 Å². The van der Waals surface area contributed by atoms with Crippen LogP contribution in [0.15, 0.2) is 71.9 Å². The lowest BCUT2D eigenvalue weighted by Crippen LogP contribution is -2.38. The zero-order valence-electron chi connectivity index (χ0n) is 33.7. The van der Waals surface area contributed by atoms with E-state index in [1.165, 1.54) is 19.3 Å². The van der Waals surface area contributed by atoms with E-state index in [1.807, 2.05) is 36.4 Å². The lowest BCUT2D eigenvalue weighted by atomic mass is 9.96. The van der Waals surface area contributed by atoms with Crippen LogP contribution in [0.3, 0.4) is 0 Å². The molecule has 11 nitrogen and oxygen atoms in total. The summed E-state index contributed by atoms with van der Waals surface area (Å²) < 4.78 is 42.6. The standard InChI is InChI=1S/C45H54ClN3O8S/c1-4-53-44(50)23-45(51)14-18-49(30-45)17-13-36-29-56-40-12-11-33(21-43(40)57-36)38-10-8-9-34(31(38)2)28-55-42-22-41(54-27-32-19-37(58(3)52)25-47-24-32)35(20-39(42)46)26-48-15-6-5-7-16-48/h8-12,19-22,24-25,36,51H,4-7,13-18,23,26-30H2,1-3H3. The van der Waals surface area contributed by atoms with E-state index in [0.29, 0.717) is 72.2 Å². The fourth-order valence-electron chi connectivity index (χ4n) is 7.98. The molecule has 2 fully saturated rings. The zero-order chi connectivity index (χ0) is 40.6. The first-order chi connectivity index (χ1) is 28.1. The number of ether oxygens (including phenoxy) is 5. The number of pyridine rings is 1. The van der Waals surface area contributed by atoms with Gasteiger partial charge >= 0.3 is 5.97 Å². The van der Waals surface area contributed by atoms with E-state index in [-0.39, 0.29) is 25.1 Å². The van der Waals surface area contributed by atoms with Crippen molar-refractivity contribution >= 4 is 28.7 Å². The Hall–Kier alpha value is -4.04. The third-order valence-electron chi connectivity index (χ3n) is 11.2.